The van der Waals surface area contributed by atoms with E-state index in [0.717, 1.165) is 17.7 Å². The Labute approximate surface area is 147 Å². The molecule has 0 spiro atoms. The lowest BCUT2D eigenvalue weighted by molar-refractivity contribution is -0.166. The fourth-order valence-electron chi connectivity index (χ4n) is 4.38. The van der Waals surface area contributed by atoms with Crippen LogP contribution in [0, 0.1) is 17.8 Å². The van der Waals surface area contributed by atoms with Gasteiger partial charge in [0.1, 0.15) is 0 Å². The van der Waals surface area contributed by atoms with Crippen LogP contribution in [0.4, 0.5) is 5.69 Å². The number of benzene rings is 1. The molecule has 1 saturated carbocycles. The standard InChI is InChI=1S/C19H25NO5/c1-20-12-6-4-11(5-7-12)14-10-15-13(8-9-25-15)16(18(21)23-2)17(14)19(22)24-3/h4-7,13-17,20H,8-10H2,1-3H3/t13-,14-,15-,16-,17-/m1/s1. The van der Waals surface area contributed by atoms with Gasteiger partial charge in [-0.2, -0.15) is 0 Å². The topological polar surface area (TPSA) is 73.9 Å². The van der Waals surface area contributed by atoms with Gasteiger partial charge >= 0.3 is 11.9 Å². The second kappa shape index (κ2) is 7.44. The molecular formula is C19H25NO5. The minimum absolute atomic E-state index is 0.00406. The fraction of sp³-hybridized carbons (Fsp3) is 0.579. The van der Waals surface area contributed by atoms with Gasteiger partial charge in [-0.15, -0.1) is 0 Å². The van der Waals surface area contributed by atoms with Crippen LogP contribution in [0.2, 0.25) is 0 Å². The van der Waals surface area contributed by atoms with Crippen molar-refractivity contribution in [3.63, 3.8) is 0 Å². The molecule has 3 rings (SSSR count). The van der Waals surface area contributed by atoms with Gasteiger partial charge in [0.2, 0.25) is 0 Å². The molecule has 0 bridgehead atoms. The van der Waals surface area contributed by atoms with E-state index in [2.05, 4.69) is 5.32 Å². The zero-order valence-corrected chi connectivity index (χ0v) is 14.9. The van der Waals surface area contributed by atoms with E-state index >= 15 is 0 Å². The Hall–Kier alpha value is -2.08. The van der Waals surface area contributed by atoms with Crippen LogP contribution in [-0.4, -0.2) is 45.9 Å². The molecule has 6 heteroatoms. The number of carbonyl (C=O) groups excluding carboxylic acids is 2. The molecule has 5 atom stereocenters. The highest BCUT2D eigenvalue weighted by molar-refractivity contribution is 5.83. The van der Waals surface area contributed by atoms with E-state index in [1.807, 2.05) is 31.3 Å². The Morgan fingerprint density at radius 1 is 1.08 bits per heavy atom. The van der Waals surface area contributed by atoms with Crippen LogP contribution in [0.25, 0.3) is 0 Å². The molecule has 1 aromatic rings. The number of esters is 2. The van der Waals surface area contributed by atoms with Crippen molar-refractivity contribution in [3.05, 3.63) is 29.8 Å². The van der Waals surface area contributed by atoms with Gasteiger partial charge in [-0.05, 0) is 30.5 Å². The molecule has 2 aliphatic rings. The molecule has 136 valence electrons. The Bertz CT molecular complexity index is 629. The smallest absolute Gasteiger partial charge is 0.310 e. The monoisotopic (exact) mass is 347 g/mol. The third-order valence-corrected chi connectivity index (χ3v) is 5.60. The summed E-state index contributed by atoms with van der Waals surface area (Å²) in [6, 6.07) is 7.93. The first-order chi connectivity index (χ1) is 12.1. The third kappa shape index (κ3) is 3.23. The van der Waals surface area contributed by atoms with Crippen molar-refractivity contribution in [2.45, 2.75) is 24.9 Å². The number of methoxy groups -OCH3 is 2. The van der Waals surface area contributed by atoms with E-state index in [-0.39, 0.29) is 29.9 Å². The number of nitrogens with one attached hydrogen (secondary N) is 1. The lowest BCUT2D eigenvalue weighted by Crippen LogP contribution is -2.47. The van der Waals surface area contributed by atoms with Crippen LogP contribution in [0.3, 0.4) is 0 Å². The molecule has 1 aliphatic heterocycles. The average Bonchev–Trinajstić information content (AvgIpc) is 3.13. The normalized spacial score (nSPS) is 31.1. The number of hydrogen-bond donors (Lipinski definition) is 1. The molecule has 1 N–H and O–H groups in total. The maximum Gasteiger partial charge on any atom is 0.310 e. The summed E-state index contributed by atoms with van der Waals surface area (Å²) in [5.41, 5.74) is 2.01. The van der Waals surface area contributed by atoms with E-state index in [9.17, 15) is 9.59 Å². The lowest BCUT2D eigenvalue weighted by atomic mass is 9.63. The molecule has 1 aromatic carbocycles. The molecule has 1 heterocycles. The zero-order chi connectivity index (χ0) is 18.0. The van der Waals surface area contributed by atoms with Crippen LogP contribution in [0.15, 0.2) is 24.3 Å². The third-order valence-electron chi connectivity index (χ3n) is 5.60. The van der Waals surface area contributed by atoms with Crippen molar-refractivity contribution >= 4 is 17.6 Å². The second-order valence-electron chi connectivity index (χ2n) is 6.67. The largest absolute Gasteiger partial charge is 0.469 e. The van der Waals surface area contributed by atoms with Crippen molar-refractivity contribution in [3.8, 4) is 0 Å². The predicted octanol–water partition coefficient (Wildman–Crippen LogP) is 2.20. The van der Waals surface area contributed by atoms with Gasteiger partial charge in [-0.1, -0.05) is 12.1 Å². The molecule has 1 aliphatic carbocycles. The van der Waals surface area contributed by atoms with Crippen molar-refractivity contribution in [1.29, 1.82) is 0 Å². The number of carbonyl (C=O) groups is 2. The Morgan fingerprint density at radius 2 is 1.72 bits per heavy atom. The first-order valence-electron chi connectivity index (χ1n) is 8.65. The molecule has 0 amide bonds. The summed E-state index contributed by atoms with van der Waals surface area (Å²) in [4.78, 5) is 25.1. The number of hydrogen-bond acceptors (Lipinski definition) is 6. The minimum Gasteiger partial charge on any atom is -0.469 e. The number of fused-ring (bicyclic) bond motifs is 1. The first-order valence-corrected chi connectivity index (χ1v) is 8.65. The van der Waals surface area contributed by atoms with E-state index in [1.54, 1.807) is 0 Å². The first kappa shape index (κ1) is 17.7. The van der Waals surface area contributed by atoms with Gasteiger partial charge in [0, 0.05) is 31.2 Å². The summed E-state index contributed by atoms with van der Waals surface area (Å²) in [5.74, 6) is -1.93. The van der Waals surface area contributed by atoms with Gasteiger partial charge in [-0.3, -0.25) is 9.59 Å². The Kier molecular flexibility index (Phi) is 5.27. The molecule has 0 aromatic heterocycles. The maximum absolute atomic E-state index is 12.6. The van der Waals surface area contributed by atoms with Crippen LogP contribution >= 0.6 is 0 Å². The van der Waals surface area contributed by atoms with Gasteiger partial charge in [0.05, 0.1) is 32.2 Å². The van der Waals surface area contributed by atoms with Gasteiger partial charge < -0.3 is 19.5 Å². The SMILES string of the molecule is CNc1ccc([C@H]2C[C@H]3OCC[C@H]3[C@@H](C(=O)OC)[C@@H]2C(=O)OC)cc1. The maximum atomic E-state index is 12.6. The molecule has 2 fully saturated rings. The lowest BCUT2D eigenvalue weighted by Gasteiger charge is -2.41. The van der Waals surface area contributed by atoms with Crippen LogP contribution in [0.5, 0.6) is 0 Å². The van der Waals surface area contributed by atoms with E-state index in [1.165, 1.54) is 14.2 Å². The average molecular weight is 347 g/mol. The van der Waals surface area contributed by atoms with Gasteiger partial charge in [-0.25, -0.2) is 0 Å². The summed E-state index contributed by atoms with van der Waals surface area (Å²) in [7, 11) is 4.60. The number of ether oxygens (including phenoxy) is 3. The fourth-order valence-corrected chi connectivity index (χ4v) is 4.38. The summed E-state index contributed by atoms with van der Waals surface area (Å²) < 4.78 is 16.0. The number of anilines is 1. The molecule has 1 saturated heterocycles. The van der Waals surface area contributed by atoms with Crippen molar-refractivity contribution in [2.24, 2.45) is 17.8 Å². The molecular weight excluding hydrogens is 322 g/mol. The van der Waals surface area contributed by atoms with E-state index in [0.29, 0.717) is 13.0 Å². The van der Waals surface area contributed by atoms with Crippen molar-refractivity contribution in [2.75, 3.05) is 33.2 Å². The van der Waals surface area contributed by atoms with Gasteiger partial charge in [0.15, 0.2) is 0 Å². The van der Waals surface area contributed by atoms with Crippen molar-refractivity contribution in [1.82, 2.24) is 0 Å². The van der Waals surface area contributed by atoms with Crippen molar-refractivity contribution < 1.29 is 23.8 Å². The summed E-state index contributed by atoms with van der Waals surface area (Å²) in [6.45, 7) is 0.613. The zero-order valence-electron chi connectivity index (χ0n) is 14.9. The molecule has 25 heavy (non-hydrogen) atoms. The second-order valence-corrected chi connectivity index (χ2v) is 6.67. The predicted molar refractivity (Wildman–Crippen MR) is 92.2 cm³/mol. The molecule has 6 nitrogen and oxygen atoms in total. The van der Waals surface area contributed by atoms with Crippen LogP contribution in [-0.2, 0) is 23.8 Å². The van der Waals surface area contributed by atoms with E-state index in [4.69, 9.17) is 14.2 Å². The van der Waals surface area contributed by atoms with Gasteiger partial charge in [0.25, 0.3) is 0 Å². The number of rotatable bonds is 4. The Morgan fingerprint density at radius 3 is 2.32 bits per heavy atom. The summed E-state index contributed by atoms with van der Waals surface area (Å²) >= 11 is 0. The van der Waals surface area contributed by atoms with E-state index < -0.39 is 11.8 Å². The van der Waals surface area contributed by atoms with Crippen LogP contribution < -0.4 is 5.32 Å². The summed E-state index contributed by atoms with van der Waals surface area (Å²) in [6.07, 6.45) is 1.44. The highest BCUT2D eigenvalue weighted by Crippen LogP contribution is 2.49. The molecule has 0 unspecified atom stereocenters. The van der Waals surface area contributed by atoms with Crippen LogP contribution in [0.1, 0.15) is 24.3 Å². The highest BCUT2D eigenvalue weighted by atomic mass is 16.5. The quantitative estimate of drug-likeness (QED) is 0.842. The summed E-state index contributed by atoms with van der Waals surface area (Å²) in [5, 5.41) is 3.08. The Balaban J connectivity index is 2.01. The molecule has 0 radical (unpaired) electrons. The minimum atomic E-state index is -0.555. The highest BCUT2D eigenvalue weighted by Gasteiger charge is 2.54.